The van der Waals surface area contributed by atoms with Gasteiger partial charge >= 0.3 is 5.97 Å². The van der Waals surface area contributed by atoms with Crippen molar-refractivity contribution < 1.29 is 19.4 Å². The number of methoxy groups -OCH3 is 1. The zero-order valence-electron chi connectivity index (χ0n) is 11.6. The second kappa shape index (κ2) is 5.50. The van der Waals surface area contributed by atoms with Crippen LogP contribution in [0.2, 0.25) is 0 Å². The first-order valence-corrected chi connectivity index (χ1v) is 7.42. The molecule has 22 heavy (non-hydrogen) atoms. The van der Waals surface area contributed by atoms with Crippen LogP contribution in [0.4, 0.5) is 0 Å². The Balaban J connectivity index is 1.99. The van der Waals surface area contributed by atoms with Gasteiger partial charge in [0, 0.05) is 37.8 Å². The fourth-order valence-electron chi connectivity index (χ4n) is 2.55. The smallest absolute Gasteiger partial charge is 0.326 e. The molecule has 1 aliphatic heterocycles. The third-order valence-electron chi connectivity index (χ3n) is 3.72. The van der Waals surface area contributed by atoms with Gasteiger partial charge in [-0.05, 0) is 0 Å². The molecular weight excluding hydrogens is 310 g/mol. The summed E-state index contributed by atoms with van der Waals surface area (Å²) in [5.41, 5.74) is -0.639. The Labute approximate surface area is 128 Å². The van der Waals surface area contributed by atoms with Crippen LogP contribution in [0.1, 0.15) is 16.8 Å². The van der Waals surface area contributed by atoms with E-state index in [0.717, 1.165) is 4.90 Å². The third kappa shape index (κ3) is 2.28. The summed E-state index contributed by atoms with van der Waals surface area (Å²) in [6, 6.07) is -1.000. The van der Waals surface area contributed by atoms with E-state index < -0.39 is 23.5 Å². The van der Waals surface area contributed by atoms with Gasteiger partial charge in [0.05, 0.1) is 6.10 Å². The summed E-state index contributed by atoms with van der Waals surface area (Å²) in [5.74, 6) is -1.75. The van der Waals surface area contributed by atoms with Crippen LogP contribution in [0.3, 0.4) is 0 Å². The summed E-state index contributed by atoms with van der Waals surface area (Å²) in [6.07, 6.45) is 2.58. The highest BCUT2D eigenvalue weighted by Crippen LogP contribution is 2.22. The van der Waals surface area contributed by atoms with Crippen molar-refractivity contribution in [2.45, 2.75) is 18.6 Å². The highest BCUT2D eigenvalue weighted by molar-refractivity contribution is 7.15. The number of hydrogen-bond acceptors (Lipinski definition) is 6. The van der Waals surface area contributed by atoms with Crippen LogP contribution in [0.5, 0.6) is 0 Å². The first-order valence-electron chi connectivity index (χ1n) is 6.54. The SMILES string of the molecule is COC1CC(C(=O)O)N(C(=O)c2cnc3sccn3c2=O)C1. The zero-order chi connectivity index (χ0) is 15.9. The summed E-state index contributed by atoms with van der Waals surface area (Å²) in [4.78, 5) is 41.9. The van der Waals surface area contributed by atoms with Crippen LogP contribution in [0.25, 0.3) is 4.96 Å². The molecule has 0 saturated carbocycles. The fraction of sp³-hybridized carbons (Fsp3) is 0.385. The molecule has 2 unspecified atom stereocenters. The second-order valence-electron chi connectivity index (χ2n) is 4.94. The Morgan fingerprint density at radius 1 is 1.50 bits per heavy atom. The van der Waals surface area contributed by atoms with E-state index in [4.69, 9.17) is 4.74 Å². The van der Waals surface area contributed by atoms with Gasteiger partial charge in [0.25, 0.3) is 11.5 Å². The molecule has 116 valence electrons. The van der Waals surface area contributed by atoms with E-state index in [0.29, 0.717) is 4.96 Å². The number of hydrogen-bond donors (Lipinski definition) is 1. The van der Waals surface area contributed by atoms with Gasteiger partial charge in [0.2, 0.25) is 0 Å². The van der Waals surface area contributed by atoms with Gasteiger partial charge in [-0.1, -0.05) is 0 Å². The maximum absolute atomic E-state index is 12.6. The van der Waals surface area contributed by atoms with Crippen LogP contribution in [0.15, 0.2) is 22.6 Å². The van der Waals surface area contributed by atoms with E-state index in [9.17, 15) is 19.5 Å². The summed E-state index contributed by atoms with van der Waals surface area (Å²) < 4.78 is 6.42. The van der Waals surface area contributed by atoms with Crippen molar-refractivity contribution >= 4 is 28.2 Å². The van der Waals surface area contributed by atoms with E-state index in [1.807, 2.05) is 0 Å². The van der Waals surface area contributed by atoms with Crippen molar-refractivity contribution in [2.24, 2.45) is 0 Å². The lowest BCUT2D eigenvalue weighted by Crippen LogP contribution is -2.42. The molecular formula is C13H13N3O5S. The topological polar surface area (TPSA) is 101 Å². The van der Waals surface area contributed by atoms with E-state index in [1.54, 1.807) is 5.38 Å². The number of nitrogens with zero attached hydrogens (tertiary/aromatic N) is 3. The Morgan fingerprint density at radius 3 is 2.95 bits per heavy atom. The van der Waals surface area contributed by atoms with Gasteiger partial charge in [0.1, 0.15) is 11.6 Å². The quantitative estimate of drug-likeness (QED) is 0.858. The van der Waals surface area contributed by atoms with Gasteiger partial charge < -0.3 is 14.7 Å². The highest BCUT2D eigenvalue weighted by Gasteiger charge is 2.40. The Morgan fingerprint density at radius 2 is 2.27 bits per heavy atom. The molecule has 3 heterocycles. The summed E-state index contributed by atoms with van der Waals surface area (Å²) in [5, 5.41) is 10.9. The minimum absolute atomic E-state index is 0.137. The molecule has 1 fully saturated rings. The van der Waals surface area contributed by atoms with Gasteiger partial charge in [-0.25, -0.2) is 9.78 Å². The molecule has 0 aromatic carbocycles. The van der Waals surface area contributed by atoms with Crippen molar-refractivity contribution in [1.82, 2.24) is 14.3 Å². The number of aliphatic carboxylic acids is 1. The molecule has 9 heteroatoms. The van der Waals surface area contributed by atoms with E-state index in [2.05, 4.69) is 4.98 Å². The van der Waals surface area contributed by atoms with Crippen LogP contribution in [-0.2, 0) is 9.53 Å². The zero-order valence-corrected chi connectivity index (χ0v) is 12.4. The number of carbonyl (C=O) groups is 2. The van der Waals surface area contributed by atoms with Crippen LogP contribution in [0, 0.1) is 0 Å². The maximum atomic E-state index is 12.6. The lowest BCUT2D eigenvalue weighted by Gasteiger charge is -2.20. The highest BCUT2D eigenvalue weighted by atomic mass is 32.1. The fourth-order valence-corrected chi connectivity index (χ4v) is 3.23. The number of amides is 1. The van der Waals surface area contributed by atoms with Crippen molar-refractivity contribution in [3.63, 3.8) is 0 Å². The Bertz CT molecular complexity index is 798. The van der Waals surface area contributed by atoms with Gasteiger partial charge in [-0.3, -0.25) is 14.0 Å². The molecule has 0 bridgehead atoms. The van der Waals surface area contributed by atoms with Gasteiger partial charge in [0.15, 0.2) is 4.96 Å². The van der Waals surface area contributed by atoms with Crippen molar-refractivity contribution in [3.8, 4) is 0 Å². The normalized spacial score (nSPS) is 21.4. The van der Waals surface area contributed by atoms with Crippen molar-refractivity contribution in [2.75, 3.05) is 13.7 Å². The van der Waals surface area contributed by atoms with Gasteiger partial charge in [-0.2, -0.15) is 0 Å². The number of ether oxygens (including phenoxy) is 1. The van der Waals surface area contributed by atoms with E-state index in [1.165, 1.54) is 35.2 Å². The number of carboxylic acids is 1. The van der Waals surface area contributed by atoms with E-state index in [-0.39, 0.29) is 24.6 Å². The molecule has 1 amide bonds. The maximum Gasteiger partial charge on any atom is 0.326 e. The summed E-state index contributed by atoms with van der Waals surface area (Å²) >= 11 is 1.28. The average Bonchev–Trinajstić information content (AvgIpc) is 3.13. The number of rotatable bonds is 3. The number of fused-ring (bicyclic) bond motifs is 1. The largest absolute Gasteiger partial charge is 0.480 e. The lowest BCUT2D eigenvalue weighted by molar-refractivity contribution is -0.141. The van der Waals surface area contributed by atoms with Crippen LogP contribution < -0.4 is 5.56 Å². The third-order valence-corrected chi connectivity index (χ3v) is 4.49. The number of carboxylic acid groups (broad SMARTS) is 1. The first-order chi connectivity index (χ1) is 10.5. The molecule has 0 spiro atoms. The monoisotopic (exact) mass is 323 g/mol. The molecule has 2 atom stereocenters. The summed E-state index contributed by atoms with van der Waals surface area (Å²) in [6.45, 7) is 0.137. The molecule has 2 aromatic heterocycles. The molecule has 8 nitrogen and oxygen atoms in total. The molecule has 2 aromatic rings. The lowest BCUT2D eigenvalue weighted by atomic mass is 10.2. The van der Waals surface area contributed by atoms with Crippen LogP contribution in [-0.4, -0.2) is 57.1 Å². The number of carbonyl (C=O) groups excluding carboxylic acids is 1. The number of thiazole rings is 1. The standard InChI is InChI=1S/C13H13N3O5S/c1-21-7-4-9(12(19)20)16(6-7)11(18)8-5-14-13-15(10(8)17)2-3-22-13/h2-3,5,7,9H,4,6H2,1H3,(H,19,20). The second-order valence-corrected chi connectivity index (χ2v) is 5.81. The van der Waals surface area contributed by atoms with Crippen LogP contribution >= 0.6 is 11.3 Å². The average molecular weight is 323 g/mol. The van der Waals surface area contributed by atoms with Gasteiger partial charge in [-0.15, -0.1) is 11.3 Å². The minimum atomic E-state index is -1.11. The molecule has 0 radical (unpaired) electrons. The Hall–Kier alpha value is -2.26. The predicted octanol–water partition coefficient (Wildman–Crippen LogP) is 0.0701. The molecule has 1 saturated heterocycles. The summed E-state index contributed by atoms with van der Waals surface area (Å²) in [7, 11) is 1.46. The van der Waals surface area contributed by atoms with E-state index >= 15 is 0 Å². The first kappa shape index (κ1) is 14.7. The number of likely N-dealkylation sites (tertiary alicyclic amines) is 1. The van der Waals surface area contributed by atoms with Crippen molar-refractivity contribution in [3.05, 3.63) is 33.7 Å². The molecule has 1 aliphatic rings. The van der Waals surface area contributed by atoms with Crippen molar-refractivity contribution in [1.29, 1.82) is 0 Å². The molecule has 0 aliphatic carbocycles. The molecule has 1 N–H and O–H groups in total. The molecule has 3 rings (SSSR count). The minimum Gasteiger partial charge on any atom is -0.480 e. The predicted molar refractivity (Wildman–Crippen MR) is 77.2 cm³/mol. The number of aromatic nitrogens is 2. The Kier molecular flexibility index (Phi) is 3.67.